The smallest absolute Gasteiger partial charge is 0.173 e. The number of hydrogen-bond acceptors (Lipinski definition) is 3. The zero-order valence-electron chi connectivity index (χ0n) is 15.6. The molecule has 2 aromatic heterocycles. The second-order valence-electron chi connectivity index (χ2n) is 6.42. The third kappa shape index (κ3) is 5.89. The van der Waals surface area contributed by atoms with Gasteiger partial charge < -0.3 is 14.8 Å². The monoisotopic (exact) mass is 379 g/mol. The van der Waals surface area contributed by atoms with Gasteiger partial charge in [0.15, 0.2) is 5.11 Å². The van der Waals surface area contributed by atoms with Crippen molar-refractivity contribution < 1.29 is 0 Å². The molecule has 5 nitrogen and oxygen atoms in total. The van der Waals surface area contributed by atoms with Gasteiger partial charge in [-0.2, -0.15) is 0 Å². The number of aromatic nitrogens is 3. The van der Waals surface area contributed by atoms with Gasteiger partial charge in [-0.1, -0.05) is 25.1 Å². The Labute approximate surface area is 166 Å². The van der Waals surface area contributed by atoms with E-state index < -0.39 is 0 Å². The maximum atomic E-state index is 5.71. The van der Waals surface area contributed by atoms with Crippen LogP contribution in [0.5, 0.6) is 0 Å². The molecule has 0 aliphatic rings. The van der Waals surface area contributed by atoms with Gasteiger partial charge in [-0.05, 0) is 54.4 Å². The van der Waals surface area contributed by atoms with Crippen molar-refractivity contribution in [3.05, 3.63) is 78.6 Å². The topological polar surface area (TPSA) is 46.0 Å². The van der Waals surface area contributed by atoms with Crippen LogP contribution in [-0.4, -0.2) is 31.1 Å². The number of aryl methyl sites for hydroxylation is 2. The highest BCUT2D eigenvalue weighted by molar-refractivity contribution is 7.80. The number of nitrogens with one attached hydrogen (secondary N) is 1. The Morgan fingerprint density at radius 2 is 1.96 bits per heavy atom. The molecule has 0 fully saturated rings. The highest BCUT2D eigenvalue weighted by atomic mass is 32.1. The summed E-state index contributed by atoms with van der Waals surface area (Å²) in [5.41, 5.74) is 3.48. The number of pyridine rings is 1. The van der Waals surface area contributed by atoms with Gasteiger partial charge in [-0.15, -0.1) is 0 Å². The van der Waals surface area contributed by atoms with Crippen molar-refractivity contribution in [3.63, 3.8) is 0 Å². The van der Waals surface area contributed by atoms with E-state index in [0.717, 1.165) is 48.8 Å². The fourth-order valence-electron chi connectivity index (χ4n) is 2.85. The van der Waals surface area contributed by atoms with E-state index in [-0.39, 0.29) is 0 Å². The standard InChI is InChI=1S/C21H25N5S/c1-2-18-6-8-20(9-7-18)24-21(27)26(16-19-5-3-10-22-15-19)13-4-12-25-14-11-23-17-25/h3,5-11,14-15,17H,2,4,12-13,16H2,1H3,(H,24,27). The summed E-state index contributed by atoms with van der Waals surface area (Å²) < 4.78 is 2.09. The fourth-order valence-corrected chi connectivity index (χ4v) is 3.13. The van der Waals surface area contributed by atoms with Gasteiger partial charge in [0.05, 0.1) is 6.33 Å². The lowest BCUT2D eigenvalue weighted by molar-refractivity contribution is 0.395. The number of nitrogens with zero attached hydrogens (tertiary/aromatic N) is 4. The first-order valence-electron chi connectivity index (χ1n) is 9.24. The first kappa shape index (κ1) is 19.0. The average Bonchev–Trinajstić information content (AvgIpc) is 3.22. The van der Waals surface area contributed by atoms with Gasteiger partial charge in [-0.3, -0.25) is 4.98 Å². The molecule has 0 atom stereocenters. The number of hydrogen-bond donors (Lipinski definition) is 1. The van der Waals surface area contributed by atoms with E-state index >= 15 is 0 Å². The SMILES string of the molecule is CCc1ccc(NC(=S)N(CCCn2ccnc2)Cc2cccnc2)cc1. The van der Waals surface area contributed by atoms with Crippen molar-refractivity contribution in [1.29, 1.82) is 0 Å². The Bertz CT molecular complexity index is 816. The van der Waals surface area contributed by atoms with E-state index in [2.05, 4.69) is 62.0 Å². The molecule has 1 N–H and O–H groups in total. The second kappa shape index (κ2) is 9.83. The zero-order chi connectivity index (χ0) is 18.9. The van der Waals surface area contributed by atoms with Crippen molar-refractivity contribution in [3.8, 4) is 0 Å². The van der Waals surface area contributed by atoms with Gasteiger partial charge in [0.2, 0.25) is 0 Å². The molecule has 3 rings (SSSR count). The number of thiocarbonyl (C=S) groups is 1. The Morgan fingerprint density at radius 1 is 1.11 bits per heavy atom. The van der Waals surface area contributed by atoms with E-state index in [1.54, 1.807) is 12.4 Å². The zero-order valence-corrected chi connectivity index (χ0v) is 16.4. The van der Waals surface area contributed by atoms with Crippen LogP contribution >= 0.6 is 12.2 Å². The molecule has 0 spiro atoms. The molecule has 2 heterocycles. The molecule has 0 amide bonds. The van der Waals surface area contributed by atoms with Gasteiger partial charge >= 0.3 is 0 Å². The summed E-state index contributed by atoms with van der Waals surface area (Å²) in [7, 11) is 0. The lowest BCUT2D eigenvalue weighted by atomic mass is 10.1. The van der Waals surface area contributed by atoms with Gasteiger partial charge in [-0.25, -0.2) is 4.98 Å². The van der Waals surface area contributed by atoms with Crippen LogP contribution in [0.4, 0.5) is 5.69 Å². The minimum atomic E-state index is 0.730. The van der Waals surface area contributed by atoms with Crippen LogP contribution in [0.15, 0.2) is 67.5 Å². The molecule has 0 radical (unpaired) electrons. The van der Waals surface area contributed by atoms with Gasteiger partial charge in [0, 0.05) is 50.1 Å². The van der Waals surface area contributed by atoms with Crippen LogP contribution in [0.1, 0.15) is 24.5 Å². The van der Waals surface area contributed by atoms with Gasteiger partial charge in [0.25, 0.3) is 0 Å². The Hall–Kier alpha value is -2.73. The number of anilines is 1. The number of rotatable bonds is 8. The Kier molecular flexibility index (Phi) is 6.93. The first-order valence-corrected chi connectivity index (χ1v) is 9.65. The fraction of sp³-hybridized carbons (Fsp3) is 0.286. The molecule has 0 saturated carbocycles. The molecular formula is C21H25N5S. The van der Waals surface area contributed by atoms with Crippen LogP contribution in [0.2, 0.25) is 0 Å². The van der Waals surface area contributed by atoms with E-state index in [0.29, 0.717) is 0 Å². The third-order valence-electron chi connectivity index (χ3n) is 4.40. The second-order valence-corrected chi connectivity index (χ2v) is 6.80. The summed E-state index contributed by atoms with van der Waals surface area (Å²) >= 11 is 5.71. The van der Waals surface area contributed by atoms with Crippen molar-refractivity contribution in [2.75, 3.05) is 11.9 Å². The molecule has 1 aromatic carbocycles. The average molecular weight is 380 g/mol. The number of benzene rings is 1. The quantitative estimate of drug-likeness (QED) is 0.596. The molecular weight excluding hydrogens is 354 g/mol. The molecule has 0 unspecified atom stereocenters. The largest absolute Gasteiger partial charge is 0.345 e. The number of imidazole rings is 1. The highest BCUT2D eigenvalue weighted by Gasteiger charge is 2.11. The van der Waals surface area contributed by atoms with Crippen molar-refractivity contribution in [2.45, 2.75) is 32.9 Å². The molecule has 0 aliphatic carbocycles. The summed E-state index contributed by atoms with van der Waals surface area (Å²) in [5, 5.41) is 4.11. The molecule has 6 heteroatoms. The third-order valence-corrected chi connectivity index (χ3v) is 4.76. The van der Waals surface area contributed by atoms with Crippen molar-refractivity contribution in [1.82, 2.24) is 19.4 Å². The van der Waals surface area contributed by atoms with Crippen LogP contribution in [0.25, 0.3) is 0 Å². The minimum Gasteiger partial charge on any atom is -0.345 e. The summed E-state index contributed by atoms with van der Waals surface area (Å²) in [6.07, 6.45) is 11.3. The lowest BCUT2D eigenvalue weighted by Crippen LogP contribution is -2.35. The molecule has 27 heavy (non-hydrogen) atoms. The van der Waals surface area contributed by atoms with E-state index in [1.807, 2.05) is 24.8 Å². The normalized spacial score (nSPS) is 10.6. The molecule has 3 aromatic rings. The van der Waals surface area contributed by atoms with E-state index in [1.165, 1.54) is 5.56 Å². The van der Waals surface area contributed by atoms with Crippen molar-refractivity contribution >= 4 is 23.0 Å². The van der Waals surface area contributed by atoms with Crippen LogP contribution in [0, 0.1) is 0 Å². The molecule has 140 valence electrons. The molecule has 0 saturated heterocycles. The van der Waals surface area contributed by atoms with Gasteiger partial charge in [0.1, 0.15) is 0 Å². The van der Waals surface area contributed by atoms with E-state index in [4.69, 9.17) is 12.2 Å². The maximum absolute atomic E-state index is 5.71. The summed E-state index contributed by atoms with van der Waals surface area (Å²) in [6, 6.07) is 12.5. The highest BCUT2D eigenvalue weighted by Crippen LogP contribution is 2.13. The van der Waals surface area contributed by atoms with E-state index in [9.17, 15) is 0 Å². The summed E-state index contributed by atoms with van der Waals surface area (Å²) in [4.78, 5) is 10.5. The predicted molar refractivity (Wildman–Crippen MR) is 114 cm³/mol. The summed E-state index contributed by atoms with van der Waals surface area (Å²) in [6.45, 7) is 4.66. The molecule has 0 aliphatic heterocycles. The summed E-state index contributed by atoms with van der Waals surface area (Å²) in [5.74, 6) is 0. The Balaban J connectivity index is 1.63. The Morgan fingerprint density at radius 3 is 2.63 bits per heavy atom. The maximum Gasteiger partial charge on any atom is 0.173 e. The van der Waals surface area contributed by atoms with Crippen molar-refractivity contribution in [2.24, 2.45) is 0 Å². The van der Waals surface area contributed by atoms with Crippen LogP contribution < -0.4 is 5.32 Å². The molecule has 0 bridgehead atoms. The lowest BCUT2D eigenvalue weighted by Gasteiger charge is -2.26. The first-order chi connectivity index (χ1) is 13.2. The predicted octanol–water partition coefficient (Wildman–Crippen LogP) is 4.13. The van der Waals surface area contributed by atoms with Crippen LogP contribution in [0.3, 0.4) is 0 Å². The minimum absolute atomic E-state index is 0.730. The van der Waals surface area contributed by atoms with Crippen LogP contribution in [-0.2, 0) is 19.5 Å².